The van der Waals surface area contributed by atoms with Gasteiger partial charge in [0, 0.05) is 4.88 Å². The molecule has 0 nitrogen and oxygen atoms in total. The number of halogens is 1. The Morgan fingerprint density at radius 2 is 1.55 bits per heavy atom. The molecule has 66 valence electrons. The van der Waals surface area contributed by atoms with Crippen molar-refractivity contribution < 1.29 is 0 Å². The Balaban J connectivity index is 0. The van der Waals surface area contributed by atoms with E-state index in [-0.39, 0.29) is 0 Å². The lowest BCUT2D eigenvalue weighted by Crippen LogP contribution is -1.43. The second-order valence-electron chi connectivity index (χ2n) is 1.35. The molecule has 0 aliphatic heterocycles. The zero-order valence-electron chi connectivity index (χ0n) is 7.94. The summed E-state index contributed by atoms with van der Waals surface area (Å²) in [5.41, 5.74) is 0. The van der Waals surface area contributed by atoms with Crippen LogP contribution in [0.1, 0.15) is 32.6 Å². The summed E-state index contributed by atoms with van der Waals surface area (Å²) in [6.07, 6.45) is 0. The predicted molar refractivity (Wildman–Crippen MR) is 56.8 cm³/mol. The fourth-order valence-corrected chi connectivity index (χ4v) is 1.41. The van der Waals surface area contributed by atoms with E-state index >= 15 is 0 Å². The third kappa shape index (κ3) is 7.89. The average molecular weight is 193 g/mol. The molecule has 11 heavy (non-hydrogen) atoms. The van der Waals surface area contributed by atoms with Crippen LogP contribution in [0, 0.1) is 6.92 Å². The van der Waals surface area contributed by atoms with E-state index in [2.05, 4.69) is 0 Å². The maximum atomic E-state index is 5.58. The van der Waals surface area contributed by atoms with Crippen molar-refractivity contribution in [2.24, 2.45) is 0 Å². The van der Waals surface area contributed by atoms with E-state index in [4.69, 9.17) is 11.6 Å². The van der Waals surface area contributed by atoms with Gasteiger partial charge in [-0.3, -0.25) is 0 Å². The standard InChI is InChI=1S/C5H5ClS.2C2H6/c1-4-2-3-5(6)7-4;2*1-2/h2-3H,1H3;2*1-2H3. The first kappa shape index (κ1) is 13.6. The average Bonchev–Trinajstić information content (AvgIpc) is 2.43. The van der Waals surface area contributed by atoms with Crippen molar-refractivity contribution >= 4 is 22.9 Å². The summed E-state index contributed by atoms with van der Waals surface area (Å²) in [7, 11) is 0. The van der Waals surface area contributed by atoms with E-state index in [9.17, 15) is 0 Å². The third-order valence-corrected chi connectivity index (χ3v) is 1.85. The minimum atomic E-state index is 0.873. The Labute approximate surface area is 79.2 Å². The molecular weight excluding hydrogens is 176 g/mol. The minimum absolute atomic E-state index is 0.873. The van der Waals surface area contributed by atoms with Crippen molar-refractivity contribution in [3.05, 3.63) is 21.3 Å². The first-order valence-electron chi connectivity index (χ1n) is 4.01. The zero-order chi connectivity index (χ0) is 9.28. The van der Waals surface area contributed by atoms with Crippen molar-refractivity contribution in [3.8, 4) is 0 Å². The molecule has 0 aromatic carbocycles. The molecule has 0 aliphatic rings. The van der Waals surface area contributed by atoms with Gasteiger partial charge in [-0.15, -0.1) is 11.3 Å². The van der Waals surface area contributed by atoms with E-state index in [0.717, 1.165) is 4.34 Å². The van der Waals surface area contributed by atoms with E-state index in [1.807, 2.05) is 46.8 Å². The Morgan fingerprint density at radius 3 is 1.64 bits per heavy atom. The van der Waals surface area contributed by atoms with Crippen LogP contribution in [0.25, 0.3) is 0 Å². The van der Waals surface area contributed by atoms with Gasteiger partial charge in [0.25, 0.3) is 0 Å². The molecule has 0 fully saturated rings. The summed E-state index contributed by atoms with van der Waals surface area (Å²) < 4.78 is 0.873. The topological polar surface area (TPSA) is 0 Å². The largest absolute Gasteiger partial charge is 0.129 e. The molecule has 0 saturated heterocycles. The highest BCUT2D eigenvalue weighted by atomic mass is 35.5. The first-order valence-corrected chi connectivity index (χ1v) is 5.20. The fraction of sp³-hybridized carbons (Fsp3) is 0.556. The van der Waals surface area contributed by atoms with Gasteiger partial charge in [-0.25, -0.2) is 0 Å². The predicted octanol–water partition coefficient (Wildman–Crippen LogP) is 4.76. The first-order chi connectivity index (χ1) is 5.29. The van der Waals surface area contributed by atoms with Crippen molar-refractivity contribution in [3.63, 3.8) is 0 Å². The molecular formula is C9H17ClS. The summed E-state index contributed by atoms with van der Waals surface area (Å²) >= 11 is 7.19. The lowest BCUT2D eigenvalue weighted by atomic mass is 10.5. The van der Waals surface area contributed by atoms with Crippen LogP contribution in [0.15, 0.2) is 12.1 Å². The normalized spacial score (nSPS) is 7.09. The van der Waals surface area contributed by atoms with Crippen LogP contribution in [0.5, 0.6) is 0 Å². The van der Waals surface area contributed by atoms with Crippen LogP contribution in [0.4, 0.5) is 0 Å². The van der Waals surface area contributed by atoms with Crippen LogP contribution < -0.4 is 0 Å². The maximum absolute atomic E-state index is 5.58. The summed E-state index contributed by atoms with van der Waals surface area (Å²) in [6, 6.07) is 3.91. The highest BCUT2D eigenvalue weighted by Gasteiger charge is 1.86. The molecule has 1 rings (SSSR count). The molecule has 0 aliphatic carbocycles. The summed E-state index contributed by atoms with van der Waals surface area (Å²) in [4.78, 5) is 1.27. The second-order valence-corrected chi connectivity index (χ2v) is 3.27. The van der Waals surface area contributed by atoms with Gasteiger partial charge in [0.1, 0.15) is 0 Å². The lowest BCUT2D eigenvalue weighted by Gasteiger charge is -1.69. The van der Waals surface area contributed by atoms with E-state index in [1.165, 1.54) is 4.88 Å². The molecule has 0 atom stereocenters. The summed E-state index contributed by atoms with van der Waals surface area (Å²) in [5.74, 6) is 0. The van der Waals surface area contributed by atoms with Gasteiger partial charge in [0.05, 0.1) is 4.34 Å². The maximum Gasteiger partial charge on any atom is 0.0931 e. The van der Waals surface area contributed by atoms with Crippen LogP contribution in [-0.4, -0.2) is 0 Å². The molecule has 0 bridgehead atoms. The highest BCUT2D eigenvalue weighted by Crippen LogP contribution is 2.19. The number of aryl methyl sites for hydroxylation is 1. The molecule has 1 aromatic heterocycles. The van der Waals surface area contributed by atoms with Crippen molar-refractivity contribution in [2.45, 2.75) is 34.6 Å². The number of rotatable bonds is 0. The Bertz CT molecular complexity index is 142. The number of hydrogen-bond donors (Lipinski definition) is 0. The van der Waals surface area contributed by atoms with Gasteiger partial charge in [-0.05, 0) is 19.1 Å². The Morgan fingerprint density at radius 1 is 1.09 bits per heavy atom. The third-order valence-electron chi connectivity index (χ3n) is 0.708. The van der Waals surface area contributed by atoms with Crippen LogP contribution in [0.2, 0.25) is 4.34 Å². The molecule has 1 heterocycles. The monoisotopic (exact) mass is 192 g/mol. The molecule has 0 spiro atoms. The van der Waals surface area contributed by atoms with Gasteiger partial charge < -0.3 is 0 Å². The smallest absolute Gasteiger partial charge is 0.0931 e. The number of thiophene rings is 1. The highest BCUT2D eigenvalue weighted by molar-refractivity contribution is 7.16. The van der Waals surface area contributed by atoms with Gasteiger partial charge in [0.15, 0.2) is 0 Å². The van der Waals surface area contributed by atoms with E-state index < -0.39 is 0 Å². The number of hydrogen-bond acceptors (Lipinski definition) is 1. The SMILES string of the molecule is CC.CC.Cc1ccc(Cl)s1. The molecule has 0 saturated carbocycles. The van der Waals surface area contributed by atoms with Gasteiger partial charge >= 0.3 is 0 Å². The van der Waals surface area contributed by atoms with E-state index in [0.29, 0.717) is 0 Å². The Kier molecular flexibility index (Phi) is 12.3. The molecule has 2 heteroatoms. The van der Waals surface area contributed by atoms with Crippen LogP contribution in [-0.2, 0) is 0 Å². The zero-order valence-corrected chi connectivity index (χ0v) is 9.51. The van der Waals surface area contributed by atoms with Crippen molar-refractivity contribution in [1.82, 2.24) is 0 Å². The van der Waals surface area contributed by atoms with Gasteiger partial charge in [-0.2, -0.15) is 0 Å². The van der Waals surface area contributed by atoms with Crippen molar-refractivity contribution in [1.29, 1.82) is 0 Å². The lowest BCUT2D eigenvalue weighted by molar-refractivity contribution is 1.50. The fourth-order valence-electron chi connectivity index (χ4n) is 0.405. The van der Waals surface area contributed by atoms with E-state index in [1.54, 1.807) is 11.3 Å². The molecule has 0 amide bonds. The summed E-state index contributed by atoms with van der Waals surface area (Å²) in [5, 5.41) is 0. The minimum Gasteiger partial charge on any atom is -0.129 e. The quantitative estimate of drug-likeness (QED) is 0.556. The second kappa shape index (κ2) is 9.99. The van der Waals surface area contributed by atoms with Crippen LogP contribution >= 0.6 is 22.9 Å². The molecule has 1 aromatic rings. The summed E-state index contributed by atoms with van der Waals surface area (Å²) in [6.45, 7) is 10.0. The van der Waals surface area contributed by atoms with Crippen molar-refractivity contribution in [2.75, 3.05) is 0 Å². The van der Waals surface area contributed by atoms with Gasteiger partial charge in [-0.1, -0.05) is 39.3 Å². The molecule has 0 unspecified atom stereocenters. The van der Waals surface area contributed by atoms with Gasteiger partial charge in [0.2, 0.25) is 0 Å². The Hall–Kier alpha value is -0.0100. The molecule has 0 N–H and O–H groups in total. The van der Waals surface area contributed by atoms with Crippen LogP contribution in [0.3, 0.4) is 0 Å². The molecule has 0 radical (unpaired) electrons.